The maximum atomic E-state index is 13.3. The molecule has 2 N–H and O–H groups in total. The van der Waals surface area contributed by atoms with E-state index in [1.54, 1.807) is 29.0 Å². The molecular weight excluding hydrogens is 543 g/mol. The molecule has 0 unspecified atom stereocenters. The third-order valence-corrected chi connectivity index (χ3v) is 6.91. The fraction of sp³-hybridized carbons (Fsp3) is 0.0357. The summed E-state index contributed by atoms with van der Waals surface area (Å²) in [5.41, 5.74) is 2.35. The number of carbonyl (C=O) groups is 2. The van der Waals surface area contributed by atoms with Crippen molar-refractivity contribution in [3.63, 3.8) is 0 Å². The predicted octanol–water partition coefficient (Wildman–Crippen LogP) is 6.59. The summed E-state index contributed by atoms with van der Waals surface area (Å²) in [6.07, 6.45) is 4.93. The molecule has 0 bridgehead atoms. The molecule has 7 nitrogen and oxygen atoms in total. The first-order valence-corrected chi connectivity index (χ1v) is 13.1. The third-order valence-electron chi connectivity index (χ3n) is 5.49. The van der Waals surface area contributed by atoms with E-state index in [1.165, 1.54) is 29.7 Å². The Bertz CT molecular complexity index is 1590. The van der Waals surface area contributed by atoms with E-state index in [-0.39, 0.29) is 22.8 Å². The lowest BCUT2D eigenvalue weighted by Crippen LogP contribution is -2.34. The van der Waals surface area contributed by atoms with Gasteiger partial charge in [0.05, 0.1) is 34.0 Å². The number of aromatic nitrogens is 2. The number of carbonyl (C=O) groups excluding carboxylic acids is 2. The van der Waals surface area contributed by atoms with Gasteiger partial charge in [0.1, 0.15) is 17.2 Å². The van der Waals surface area contributed by atoms with Crippen molar-refractivity contribution in [2.45, 2.75) is 6.54 Å². The van der Waals surface area contributed by atoms with Crippen molar-refractivity contribution in [1.82, 2.24) is 20.4 Å². The van der Waals surface area contributed by atoms with E-state index < -0.39 is 11.8 Å². The second-order valence-corrected chi connectivity index (χ2v) is 9.88. The maximum Gasteiger partial charge on any atom is 0.268 e. The van der Waals surface area contributed by atoms with Crippen LogP contribution in [0.15, 0.2) is 101 Å². The zero-order valence-electron chi connectivity index (χ0n) is 19.7. The molecule has 0 saturated carbocycles. The Hall–Kier alpha value is -4.11. The second-order valence-electron chi connectivity index (χ2n) is 8.09. The maximum absolute atomic E-state index is 13.3. The number of rotatable bonds is 8. The highest BCUT2D eigenvalue weighted by atomic mass is 35.5. The summed E-state index contributed by atoms with van der Waals surface area (Å²) in [6.45, 7) is 0.141. The van der Waals surface area contributed by atoms with E-state index in [9.17, 15) is 9.59 Å². The molecule has 5 aromatic rings. The number of hydrogen-bond donors (Lipinski definition) is 2. The Labute approximate surface area is 232 Å². The first-order valence-electron chi connectivity index (χ1n) is 11.5. The van der Waals surface area contributed by atoms with Gasteiger partial charge in [-0.05, 0) is 60.0 Å². The molecule has 0 atom stereocenters. The summed E-state index contributed by atoms with van der Waals surface area (Å²) < 4.78 is 7.05. The van der Waals surface area contributed by atoms with Gasteiger partial charge in [0.15, 0.2) is 0 Å². The number of thiophene rings is 1. The number of hydrogen-bond acceptors (Lipinski definition) is 5. The van der Waals surface area contributed by atoms with Crippen LogP contribution in [0.5, 0.6) is 0 Å². The van der Waals surface area contributed by atoms with Crippen molar-refractivity contribution in [2.75, 3.05) is 0 Å². The number of nitrogens with one attached hydrogen (secondary N) is 2. The topological polar surface area (TPSA) is 89.2 Å². The van der Waals surface area contributed by atoms with Gasteiger partial charge in [-0.2, -0.15) is 5.10 Å². The Morgan fingerprint density at radius 3 is 2.58 bits per heavy atom. The Morgan fingerprint density at radius 2 is 1.87 bits per heavy atom. The SMILES string of the molecule is O=C(NCc1ccco1)/C(=C/c1cn(-c2ccccc2)nc1-c1cccs1)NC(=O)c1ccc(Cl)cc1Cl. The van der Waals surface area contributed by atoms with E-state index >= 15 is 0 Å². The van der Waals surface area contributed by atoms with Gasteiger partial charge in [0, 0.05) is 16.8 Å². The minimum absolute atomic E-state index is 0.0120. The largest absolute Gasteiger partial charge is 0.467 e. The van der Waals surface area contributed by atoms with Crippen LogP contribution in [0.4, 0.5) is 0 Å². The summed E-state index contributed by atoms with van der Waals surface area (Å²) in [4.78, 5) is 27.4. The zero-order chi connectivity index (χ0) is 26.5. The van der Waals surface area contributed by atoms with Gasteiger partial charge in [0.2, 0.25) is 0 Å². The van der Waals surface area contributed by atoms with Gasteiger partial charge >= 0.3 is 0 Å². The molecule has 190 valence electrons. The fourth-order valence-electron chi connectivity index (χ4n) is 3.66. The van der Waals surface area contributed by atoms with Gasteiger partial charge < -0.3 is 15.1 Å². The molecule has 0 saturated heterocycles. The van der Waals surface area contributed by atoms with Crippen LogP contribution in [0.1, 0.15) is 21.7 Å². The first-order chi connectivity index (χ1) is 18.5. The monoisotopic (exact) mass is 562 g/mol. The van der Waals surface area contributed by atoms with Crippen LogP contribution in [0.3, 0.4) is 0 Å². The number of benzene rings is 2. The summed E-state index contributed by atoms with van der Waals surface area (Å²) in [6, 6.07) is 21.5. The predicted molar refractivity (Wildman–Crippen MR) is 149 cm³/mol. The average molecular weight is 563 g/mol. The molecule has 0 spiro atoms. The lowest BCUT2D eigenvalue weighted by atomic mass is 10.1. The number of furan rings is 1. The highest BCUT2D eigenvalue weighted by molar-refractivity contribution is 7.13. The van der Waals surface area contributed by atoms with Crippen LogP contribution in [0, 0.1) is 0 Å². The van der Waals surface area contributed by atoms with Crippen LogP contribution < -0.4 is 10.6 Å². The Kier molecular flexibility index (Phi) is 7.74. The summed E-state index contributed by atoms with van der Waals surface area (Å²) >= 11 is 13.8. The highest BCUT2D eigenvalue weighted by Crippen LogP contribution is 2.29. The molecule has 3 heterocycles. The number of amides is 2. The van der Waals surface area contributed by atoms with Gasteiger partial charge in [-0.15, -0.1) is 11.3 Å². The van der Waals surface area contributed by atoms with Crippen molar-refractivity contribution in [1.29, 1.82) is 0 Å². The Balaban J connectivity index is 1.54. The molecule has 0 aliphatic heterocycles. The molecular formula is C28H20Cl2N4O3S. The fourth-order valence-corrected chi connectivity index (χ4v) is 4.89. The number of halogens is 2. The summed E-state index contributed by atoms with van der Waals surface area (Å²) in [5.74, 6) is -0.496. The van der Waals surface area contributed by atoms with E-state index in [1.807, 2.05) is 54.0 Å². The van der Waals surface area contributed by atoms with Gasteiger partial charge in [-0.1, -0.05) is 47.5 Å². The van der Waals surface area contributed by atoms with E-state index in [4.69, 9.17) is 32.7 Å². The van der Waals surface area contributed by atoms with Crippen LogP contribution in [-0.4, -0.2) is 21.6 Å². The molecule has 3 aromatic heterocycles. The van der Waals surface area contributed by atoms with Crippen LogP contribution in [-0.2, 0) is 11.3 Å². The molecule has 2 amide bonds. The smallest absolute Gasteiger partial charge is 0.268 e. The first kappa shape index (κ1) is 25.5. The van der Waals surface area contributed by atoms with E-state index in [0.29, 0.717) is 22.0 Å². The second kappa shape index (κ2) is 11.5. The number of nitrogens with zero attached hydrogens (tertiary/aromatic N) is 2. The molecule has 38 heavy (non-hydrogen) atoms. The minimum Gasteiger partial charge on any atom is -0.467 e. The lowest BCUT2D eigenvalue weighted by molar-refractivity contribution is -0.118. The van der Waals surface area contributed by atoms with E-state index in [0.717, 1.165) is 10.6 Å². The molecule has 0 aliphatic rings. The van der Waals surface area contributed by atoms with Crippen LogP contribution >= 0.6 is 34.5 Å². The van der Waals surface area contributed by atoms with Gasteiger partial charge in [0.25, 0.3) is 11.8 Å². The van der Waals surface area contributed by atoms with Crippen LogP contribution in [0.25, 0.3) is 22.3 Å². The molecule has 2 aromatic carbocycles. The van der Waals surface area contributed by atoms with Gasteiger partial charge in [-0.25, -0.2) is 4.68 Å². The standard InChI is InChI=1S/C28H20Cl2N4O3S/c29-19-10-11-22(23(30)15-19)27(35)32-24(28(36)31-16-21-8-4-12-37-21)14-18-17-34(20-6-2-1-3-7-20)33-26(18)25-9-5-13-38-25/h1-15,17H,16H2,(H,31,36)(H,32,35)/b24-14-. The summed E-state index contributed by atoms with van der Waals surface area (Å²) in [7, 11) is 0. The van der Waals surface area contributed by atoms with Gasteiger partial charge in [-0.3, -0.25) is 9.59 Å². The highest BCUT2D eigenvalue weighted by Gasteiger charge is 2.20. The quantitative estimate of drug-likeness (QED) is 0.209. The normalized spacial score (nSPS) is 11.4. The lowest BCUT2D eigenvalue weighted by Gasteiger charge is -2.11. The van der Waals surface area contributed by atoms with Crippen molar-refractivity contribution in [3.8, 4) is 16.3 Å². The third kappa shape index (κ3) is 5.89. The molecule has 0 fully saturated rings. The average Bonchev–Trinajstić information content (AvgIpc) is 3.69. The summed E-state index contributed by atoms with van der Waals surface area (Å²) in [5, 5.41) is 12.8. The molecule has 0 aliphatic carbocycles. The van der Waals surface area contributed by atoms with Crippen molar-refractivity contribution >= 4 is 52.4 Å². The molecule has 10 heteroatoms. The Morgan fingerprint density at radius 1 is 1.03 bits per heavy atom. The van der Waals surface area contributed by atoms with Crippen molar-refractivity contribution in [3.05, 3.63) is 123 Å². The van der Waals surface area contributed by atoms with Crippen molar-refractivity contribution < 1.29 is 14.0 Å². The number of para-hydroxylation sites is 1. The zero-order valence-corrected chi connectivity index (χ0v) is 22.1. The molecule has 5 rings (SSSR count). The van der Waals surface area contributed by atoms with Crippen LogP contribution in [0.2, 0.25) is 10.0 Å². The molecule has 0 radical (unpaired) electrons. The van der Waals surface area contributed by atoms with Crippen molar-refractivity contribution in [2.24, 2.45) is 0 Å². The minimum atomic E-state index is -0.556. The van der Waals surface area contributed by atoms with E-state index in [2.05, 4.69) is 10.6 Å².